The molecule has 4 aromatic rings. The van der Waals surface area contributed by atoms with Crippen LogP contribution >= 0.6 is 15.6 Å². The number of rotatable bonds is 11. The first-order valence-electron chi connectivity index (χ1n) is 13.1. The number of fused-ring (bicyclic) bond motifs is 2. The molecular weight excluding hydrogens is 628 g/mol. The van der Waals surface area contributed by atoms with Gasteiger partial charge >= 0.3 is 15.6 Å². The van der Waals surface area contributed by atoms with Crippen LogP contribution < -0.4 is 11.5 Å². The number of amides is 1. The number of nitrogens with zero attached hydrogens (tertiary/aromatic N) is 7. The normalized spacial score (nSPS) is 25.6. The van der Waals surface area contributed by atoms with Gasteiger partial charge < -0.3 is 35.6 Å². The summed E-state index contributed by atoms with van der Waals surface area (Å²) in [5, 5.41) is 8.13. The van der Waals surface area contributed by atoms with Gasteiger partial charge in [-0.3, -0.25) is 22.9 Å². The number of carbonyl (C=O) groups excluding carboxylic acids is 1. The van der Waals surface area contributed by atoms with Crippen molar-refractivity contribution in [2.75, 3.05) is 18.9 Å². The van der Waals surface area contributed by atoms with Gasteiger partial charge in [-0.05, 0) is 25.0 Å². The van der Waals surface area contributed by atoms with Gasteiger partial charge in [0.25, 0.3) is 5.91 Å². The highest BCUT2D eigenvalue weighted by molar-refractivity contribution is 7.47. The summed E-state index contributed by atoms with van der Waals surface area (Å²) >= 11 is 0. The monoisotopic (exact) mass is 655 g/mol. The van der Waals surface area contributed by atoms with Gasteiger partial charge in [0, 0.05) is 6.42 Å². The number of ether oxygens (including phenoxy) is 2. The summed E-state index contributed by atoms with van der Waals surface area (Å²) in [6, 6.07) is 4.89. The van der Waals surface area contributed by atoms with E-state index in [0.717, 1.165) is 0 Å². The highest BCUT2D eigenvalue weighted by Gasteiger charge is 2.43. The average molecular weight is 655 g/mol. The minimum atomic E-state index is -4.90. The topological polar surface area (TPSA) is 284 Å². The van der Waals surface area contributed by atoms with Crippen molar-refractivity contribution in [3.8, 4) is 0 Å². The third-order valence-corrected chi connectivity index (χ3v) is 8.60. The standard InChI is InChI=1S/C22H27N9O11P2/c23-20-19-22(26-9-25-20)30(10-27-19)17-6-14(15(41-17)8-38-43(33,34)35)42-44(36,37)39-7-11-4-5-16(40-11)31-13-3-1-2-12(21(24)32)18(13)28-29-31/h1-3,9-11,14-17H,4-8H2,(H2,24,32)(H,36,37)(H2,23,25,26)(H2,33,34,35)/t11-,14-,15+,16+,17+/m0/s1. The molecule has 1 amide bonds. The fourth-order valence-corrected chi connectivity index (χ4v) is 6.45. The SMILES string of the molecule is NC(=O)c1cccc2c1nnn2[C@H]1CC[C@@H](COP(=O)(O)O[C@H]2C[C@H](n3cnc4c(N)ncnc43)O[C@@H]2COP(=O)(O)O)O1. The Morgan fingerprint density at radius 1 is 1.05 bits per heavy atom. The summed E-state index contributed by atoms with van der Waals surface area (Å²) in [7, 11) is -9.66. The molecule has 22 heteroatoms. The van der Waals surface area contributed by atoms with Crippen LogP contribution in [0.15, 0.2) is 30.9 Å². The molecule has 0 radical (unpaired) electrons. The summed E-state index contributed by atoms with van der Waals surface area (Å²) in [5.74, 6) is -0.524. The number of primary amides is 1. The molecule has 6 atom stereocenters. The number of benzene rings is 1. The molecule has 0 bridgehead atoms. The van der Waals surface area contributed by atoms with Gasteiger partial charge in [0.15, 0.2) is 17.7 Å². The summed E-state index contributed by atoms with van der Waals surface area (Å²) in [4.78, 5) is 52.8. The Morgan fingerprint density at radius 2 is 1.86 bits per heavy atom. The lowest BCUT2D eigenvalue weighted by molar-refractivity contribution is -0.0485. The van der Waals surface area contributed by atoms with Crippen molar-refractivity contribution in [1.29, 1.82) is 0 Å². The molecule has 1 aromatic carbocycles. The van der Waals surface area contributed by atoms with E-state index in [1.807, 2.05) is 0 Å². The number of phosphoric ester groups is 2. The Labute approximate surface area is 247 Å². The Balaban J connectivity index is 1.11. The quantitative estimate of drug-likeness (QED) is 0.138. The van der Waals surface area contributed by atoms with Gasteiger partial charge in [-0.1, -0.05) is 11.3 Å². The Kier molecular flexibility index (Phi) is 8.22. The molecular formula is C22H27N9O11P2. The van der Waals surface area contributed by atoms with E-state index in [1.165, 1.54) is 28.0 Å². The number of aromatic nitrogens is 7. The average Bonchev–Trinajstić information content (AvgIpc) is 3.75. The number of hydrogen-bond acceptors (Lipinski definition) is 14. The molecule has 0 saturated carbocycles. The van der Waals surface area contributed by atoms with Crippen LogP contribution in [-0.2, 0) is 32.2 Å². The second-order valence-electron chi connectivity index (χ2n) is 10.0. The Morgan fingerprint density at radius 3 is 2.64 bits per heavy atom. The predicted octanol–water partition coefficient (Wildman–Crippen LogP) is 0.529. The van der Waals surface area contributed by atoms with Crippen molar-refractivity contribution in [1.82, 2.24) is 34.5 Å². The molecule has 0 aliphatic carbocycles. The summed E-state index contributed by atoms with van der Waals surface area (Å²) < 4.78 is 54.4. The van der Waals surface area contributed by atoms with Gasteiger partial charge in [0.2, 0.25) is 0 Å². The summed E-state index contributed by atoms with van der Waals surface area (Å²) in [6.07, 6.45) is -1.03. The molecule has 20 nitrogen and oxygen atoms in total. The number of anilines is 1. The van der Waals surface area contributed by atoms with E-state index in [1.54, 1.807) is 12.1 Å². The third kappa shape index (κ3) is 6.36. The molecule has 236 valence electrons. The van der Waals surface area contributed by atoms with Crippen LogP contribution in [0.3, 0.4) is 0 Å². The number of nitrogens with two attached hydrogens (primary N) is 2. The van der Waals surface area contributed by atoms with Crippen molar-refractivity contribution in [3.05, 3.63) is 36.4 Å². The van der Waals surface area contributed by atoms with E-state index >= 15 is 0 Å². The molecule has 7 N–H and O–H groups in total. The number of nitrogen functional groups attached to an aromatic ring is 1. The predicted molar refractivity (Wildman–Crippen MR) is 146 cm³/mol. The molecule has 2 saturated heterocycles. The van der Waals surface area contributed by atoms with Crippen LogP contribution in [0.5, 0.6) is 0 Å². The molecule has 0 spiro atoms. The molecule has 5 heterocycles. The fraction of sp³-hybridized carbons (Fsp3) is 0.455. The van der Waals surface area contributed by atoms with Crippen LogP contribution in [-0.4, -0.2) is 86.6 Å². The van der Waals surface area contributed by atoms with Crippen molar-refractivity contribution in [2.45, 2.75) is 50.0 Å². The van der Waals surface area contributed by atoms with Crippen LogP contribution in [0, 0.1) is 0 Å². The molecule has 44 heavy (non-hydrogen) atoms. The van der Waals surface area contributed by atoms with Gasteiger partial charge in [-0.25, -0.2) is 28.8 Å². The van der Waals surface area contributed by atoms with E-state index in [4.69, 9.17) is 30.0 Å². The first-order chi connectivity index (χ1) is 20.9. The molecule has 3 aromatic heterocycles. The van der Waals surface area contributed by atoms with Gasteiger partial charge in [0.05, 0.1) is 36.7 Å². The van der Waals surface area contributed by atoms with E-state index < -0.39 is 58.9 Å². The van der Waals surface area contributed by atoms with Crippen LogP contribution in [0.25, 0.3) is 22.2 Å². The Bertz CT molecular complexity index is 1800. The minimum absolute atomic E-state index is 0.0624. The lowest BCUT2D eigenvalue weighted by atomic mass is 10.1. The van der Waals surface area contributed by atoms with Crippen LogP contribution in [0.1, 0.15) is 42.1 Å². The van der Waals surface area contributed by atoms with Gasteiger partial charge in [-0.15, -0.1) is 5.10 Å². The summed E-state index contributed by atoms with van der Waals surface area (Å²) in [6.45, 7) is -0.988. The summed E-state index contributed by atoms with van der Waals surface area (Å²) in [5.41, 5.74) is 12.9. The lowest BCUT2D eigenvalue weighted by Crippen LogP contribution is -2.28. The minimum Gasteiger partial charge on any atom is -0.382 e. The number of imidazole rings is 1. The molecule has 6 rings (SSSR count). The van der Waals surface area contributed by atoms with Crippen molar-refractivity contribution >= 4 is 49.6 Å². The zero-order valence-electron chi connectivity index (χ0n) is 22.6. The first-order valence-corrected chi connectivity index (χ1v) is 16.1. The molecule has 2 aliphatic heterocycles. The maximum Gasteiger partial charge on any atom is 0.472 e. The van der Waals surface area contributed by atoms with Gasteiger partial charge in [0.1, 0.15) is 35.8 Å². The maximum absolute atomic E-state index is 13.0. The van der Waals surface area contributed by atoms with Crippen molar-refractivity contribution < 1.29 is 51.6 Å². The van der Waals surface area contributed by atoms with Crippen LogP contribution in [0.4, 0.5) is 5.82 Å². The first kappa shape index (κ1) is 30.6. The molecule has 1 unspecified atom stereocenters. The third-order valence-electron chi connectivity index (χ3n) is 7.10. The Hall–Kier alpha value is -3.42. The second kappa shape index (κ2) is 11.8. The smallest absolute Gasteiger partial charge is 0.382 e. The largest absolute Gasteiger partial charge is 0.472 e. The van der Waals surface area contributed by atoms with E-state index in [2.05, 4.69) is 29.8 Å². The fourth-order valence-electron chi connectivity index (χ4n) is 5.13. The second-order valence-corrected chi connectivity index (χ2v) is 12.6. The zero-order valence-corrected chi connectivity index (χ0v) is 24.4. The van der Waals surface area contributed by atoms with Gasteiger partial charge in [-0.2, -0.15) is 0 Å². The maximum atomic E-state index is 13.0. The molecule has 2 fully saturated rings. The van der Waals surface area contributed by atoms with Crippen molar-refractivity contribution in [2.24, 2.45) is 5.73 Å². The zero-order chi connectivity index (χ0) is 31.2. The van der Waals surface area contributed by atoms with Crippen LogP contribution in [0.2, 0.25) is 0 Å². The number of hydrogen-bond donors (Lipinski definition) is 5. The molecule has 2 aliphatic rings. The number of phosphoric acid groups is 2. The van der Waals surface area contributed by atoms with Crippen molar-refractivity contribution in [3.63, 3.8) is 0 Å². The highest BCUT2D eigenvalue weighted by Crippen LogP contribution is 2.50. The van der Waals surface area contributed by atoms with E-state index in [0.29, 0.717) is 35.0 Å². The van der Waals surface area contributed by atoms with E-state index in [9.17, 15) is 28.6 Å². The van der Waals surface area contributed by atoms with E-state index in [-0.39, 0.29) is 24.4 Å². The number of carbonyl (C=O) groups is 1. The lowest BCUT2D eigenvalue weighted by Gasteiger charge is -2.22. The highest BCUT2D eigenvalue weighted by atomic mass is 31.2.